The highest BCUT2D eigenvalue weighted by molar-refractivity contribution is 9.10. The lowest BCUT2D eigenvalue weighted by molar-refractivity contribution is 0.382. The van der Waals surface area contributed by atoms with Gasteiger partial charge in [0.05, 0.1) is 0 Å². The van der Waals surface area contributed by atoms with Crippen LogP contribution < -0.4 is 5.32 Å². The van der Waals surface area contributed by atoms with Crippen LogP contribution in [-0.2, 0) is 6.42 Å². The Labute approximate surface area is 101 Å². The van der Waals surface area contributed by atoms with E-state index in [2.05, 4.69) is 59.4 Å². The summed E-state index contributed by atoms with van der Waals surface area (Å²) in [5.74, 6) is 0. The predicted octanol–water partition coefficient (Wildman–Crippen LogP) is 3.77. The molecule has 0 saturated heterocycles. The molecule has 0 atom stereocenters. The van der Waals surface area contributed by atoms with E-state index >= 15 is 0 Å². The third kappa shape index (κ3) is 4.80. The van der Waals surface area contributed by atoms with E-state index in [-0.39, 0.29) is 5.54 Å². The number of aryl methyl sites for hydroxylation is 1. The summed E-state index contributed by atoms with van der Waals surface area (Å²) in [5.41, 5.74) is 1.68. The van der Waals surface area contributed by atoms with E-state index in [0.717, 1.165) is 4.47 Å². The minimum atomic E-state index is 0.259. The normalized spacial score (nSPS) is 11.7. The van der Waals surface area contributed by atoms with Crippen LogP contribution in [-0.4, -0.2) is 12.6 Å². The zero-order valence-corrected chi connectivity index (χ0v) is 11.4. The molecule has 84 valence electrons. The van der Waals surface area contributed by atoms with E-state index in [1.54, 1.807) is 0 Å². The molecule has 0 radical (unpaired) electrons. The van der Waals surface area contributed by atoms with Gasteiger partial charge in [0, 0.05) is 10.0 Å². The summed E-state index contributed by atoms with van der Waals surface area (Å²) in [6.45, 7) is 4.49. The standard InChI is InChI=1S/C13H20BrN/c1-13(2,15-3)10-4-5-11-6-8-12(14)9-7-11/h6-9,15H,4-5,10H2,1-3H3. The van der Waals surface area contributed by atoms with Crippen LogP contribution in [0.1, 0.15) is 32.3 Å². The van der Waals surface area contributed by atoms with Crippen molar-refractivity contribution in [1.82, 2.24) is 5.32 Å². The second kappa shape index (κ2) is 5.66. The minimum Gasteiger partial charge on any atom is -0.315 e. The van der Waals surface area contributed by atoms with Crippen molar-refractivity contribution in [2.45, 2.75) is 38.6 Å². The van der Waals surface area contributed by atoms with Gasteiger partial charge in [-0.1, -0.05) is 28.1 Å². The number of hydrogen-bond acceptors (Lipinski definition) is 1. The fraction of sp³-hybridized carbons (Fsp3) is 0.538. The van der Waals surface area contributed by atoms with Gasteiger partial charge in [0.1, 0.15) is 0 Å². The third-order valence-corrected chi connectivity index (χ3v) is 3.39. The van der Waals surface area contributed by atoms with Crippen LogP contribution in [0.25, 0.3) is 0 Å². The molecule has 0 aromatic heterocycles. The lowest BCUT2D eigenvalue weighted by atomic mass is 9.96. The second-order valence-electron chi connectivity index (χ2n) is 4.61. The maximum Gasteiger partial charge on any atom is 0.0175 e. The highest BCUT2D eigenvalue weighted by Gasteiger charge is 2.13. The zero-order chi connectivity index (χ0) is 11.3. The minimum absolute atomic E-state index is 0.259. The van der Waals surface area contributed by atoms with Crippen molar-refractivity contribution < 1.29 is 0 Å². The average molecular weight is 270 g/mol. The van der Waals surface area contributed by atoms with Gasteiger partial charge in [-0.15, -0.1) is 0 Å². The molecule has 1 N–H and O–H groups in total. The fourth-order valence-corrected chi connectivity index (χ4v) is 1.77. The van der Waals surface area contributed by atoms with Crippen LogP contribution in [0.5, 0.6) is 0 Å². The topological polar surface area (TPSA) is 12.0 Å². The smallest absolute Gasteiger partial charge is 0.0175 e. The molecule has 2 heteroatoms. The van der Waals surface area contributed by atoms with Crippen LogP contribution in [0.15, 0.2) is 28.7 Å². The van der Waals surface area contributed by atoms with Crippen LogP contribution >= 0.6 is 15.9 Å². The Morgan fingerprint density at radius 1 is 1.20 bits per heavy atom. The number of nitrogens with one attached hydrogen (secondary N) is 1. The molecule has 0 aliphatic heterocycles. The van der Waals surface area contributed by atoms with Crippen LogP contribution in [0, 0.1) is 0 Å². The number of hydrogen-bond donors (Lipinski definition) is 1. The molecule has 0 spiro atoms. The van der Waals surface area contributed by atoms with E-state index < -0.39 is 0 Å². The number of benzene rings is 1. The molecule has 0 unspecified atom stereocenters. The van der Waals surface area contributed by atoms with E-state index in [4.69, 9.17) is 0 Å². The first-order valence-corrected chi connectivity index (χ1v) is 6.26. The van der Waals surface area contributed by atoms with Crippen molar-refractivity contribution in [3.63, 3.8) is 0 Å². The van der Waals surface area contributed by atoms with Crippen LogP contribution in [0.4, 0.5) is 0 Å². The Bertz CT molecular complexity index is 290. The third-order valence-electron chi connectivity index (χ3n) is 2.86. The Hall–Kier alpha value is -0.340. The molecule has 1 nitrogen and oxygen atoms in total. The Morgan fingerprint density at radius 3 is 2.33 bits per heavy atom. The first-order chi connectivity index (χ1) is 7.03. The average Bonchev–Trinajstić information content (AvgIpc) is 2.21. The van der Waals surface area contributed by atoms with Crippen LogP contribution in [0.3, 0.4) is 0 Å². The first kappa shape index (κ1) is 12.7. The molecule has 0 aliphatic rings. The molecule has 0 heterocycles. The molecular formula is C13H20BrN. The molecule has 0 aliphatic carbocycles. The van der Waals surface area contributed by atoms with Crippen molar-refractivity contribution in [3.05, 3.63) is 34.3 Å². The second-order valence-corrected chi connectivity index (χ2v) is 5.53. The fourth-order valence-electron chi connectivity index (χ4n) is 1.51. The lowest BCUT2D eigenvalue weighted by Gasteiger charge is -2.23. The van der Waals surface area contributed by atoms with Crippen molar-refractivity contribution in [3.8, 4) is 0 Å². The van der Waals surface area contributed by atoms with Crippen molar-refractivity contribution in [1.29, 1.82) is 0 Å². The van der Waals surface area contributed by atoms with E-state index in [1.807, 2.05) is 7.05 Å². The monoisotopic (exact) mass is 269 g/mol. The molecule has 0 bridgehead atoms. The van der Waals surface area contributed by atoms with E-state index in [9.17, 15) is 0 Å². The van der Waals surface area contributed by atoms with Crippen molar-refractivity contribution in [2.24, 2.45) is 0 Å². The highest BCUT2D eigenvalue weighted by atomic mass is 79.9. The summed E-state index contributed by atoms with van der Waals surface area (Å²) < 4.78 is 1.15. The summed E-state index contributed by atoms with van der Waals surface area (Å²) in [7, 11) is 2.03. The van der Waals surface area contributed by atoms with Gasteiger partial charge in [-0.2, -0.15) is 0 Å². The van der Waals surface area contributed by atoms with E-state index in [1.165, 1.54) is 24.8 Å². The summed E-state index contributed by atoms with van der Waals surface area (Å²) in [6.07, 6.45) is 3.60. The number of halogens is 1. The van der Waals surface area contributed by atoms with Crippen molar-refractivity contribution >= 4 is 15.9 Å². The zero-order valence-electron chi connectivity index (χ0n) is 9.81. The van der Waals surface area contributed by atoms with Gasteiger partial charge in [-0.05, 0) is 57.9 Å². The molecule has 1 aromatic rings. The molecular weight excluding hydrogens is 250 g/mol. The SMILES string of the molecule is CNC(C)(C)CCCc1ccc(Br)cc1. The molecule has 1 rings (SSSR count). The largest absolute Gasteiger partial charge is 0.315 e. The summed E-state index contributed by atoms with van der Waals surface area (Å²) in [5, 5.41) is 3.33. The van der Waals surface area contributed by atoms with Gasteiger partial charge in [0.25, 0.3) is 0 Å². The van der Waals surface area contributed by atoms with Gasteiger partial charge in [-0.25, -0.2) is 0 Å². The predicted molar refractivity (Wildman–Crippen MR) is 70.2 cm³/mol. The Kier molecular flexibility index (Phi) is 4.81. The lowest BCUT2D eigenvalue weighted by Crippen LogP contribution is -2.35. The first-order valence-electron chi connectivity index (χ1n) is 5.47. The van der Waals surface area contributed by atoms with Crippen molar-refractivity contribution in [2.75, 3.05) is 7.05 Å². The summed E-state index contributed by atoms with van der Waals surface area (Å²) in [6, 6.07) is 8.60. The van der Waals surface area contributed by atoms with Gasteiger partial charge in [-0.3, -0.25) is 0 Å². The van der Waals surface area contributed by atoms with Gasteiger partial charge in [0.2, 0.25) is 0 Å². The maximum absolute atomic E-state index is 3.45. The quantitative estimate of drug-likeness (QED) is 0.858. The number of rotatable bonds is 5. The van der Waals surface area contributed by atoms with Crippen LogP contribution in [0.2, 0.25) is 0 Å². The Balaban J connectivity index is 2.35. The van der Waals surface area contributed by atoms with E-state index in [0.29, 0.717) is 0 Å². The van der Waals surface area contributed by atoms with Gasteiger partial charge >= 0.3 is 0 Å². The maximum atomic E-state index is 3.45. The summed E-state index contributed by atoms with van der Waals surface area (Å²) in [4.78, 5) is 0. The van der Waals surface area contributed by atoms with Gasteiger partial charge in [0.15, 0.2) is 0 Å². The molecule has 0 saturated carbocycles. The van der Waals surface area contributed by atoms with Gasteiger partial charge < -0.3 is 5.32 Å². The summed E-state index contributed by atoms with van der Waals surface area (Å²) >= 11 is 3.45. The molecule has 0 fully saturated rings. The molecule has 1 aromatic carbocycles. The molecule has 15 heavy (non-hydrogen) atoms. The Morgan fingerprint density at radius 2 is 1.80 bits per heavy atom. The highest BCUT2D eigenvalue weighted by Crippen LogP contribution is 2.15. The molecule has 0 amide bonds.